The summed E-state index contributed by atoms with van der Waals surface area (Å²) < 4.78 is 15.5. The molecule has 2 N–H and O–H groups in total. The average Bonchev–Trinajstić information content (AvgIpc) is 2.12. The van der Waals surface area contributed by atoms with E-state index in [-0.39, 0.29) is 6.61 Å². The molecule has 4 unspecified atom stereocenters. The first kappa shape index (κ1) is 8.40. The molecule has 0 aliphatic carbocycles. The molecular formula is C7H12O5. The molecule has 0 aromatic rings. The van der Waals surface area contributed by atoms with E-state index in [0.29, 0.717) is 13.2 Å². The van der Waals surface area contributed by atoms with Crippen molar-refractivity contribution < 1.29 is 24.4 Å². The van der Waals surface area contributed by atoms with Crippen molar-refractivity contribution in [1.82, 2.24) is 0 Å². The van der Waals surface area contributed by atoms with Crippen molar-refractivity contribution in [3.05, 3.63) is 0 Å². The molecule has 70 valence electrons. The summed E-state index contributed by atoms with van der Waals surface area (Å²) >= 11 is 0. The van der Waals surface area contributed by atoms with Crippen LogP contribution in [0.5, 0.6) is 0 Å². The van der Waals surface area contributed by atoms with Crippen molar-refractivity contribution in [2.45, 2.75) is 24.6 Å². The molecule has 0 spiro atoms. The molecule has 2 fully saturated rings. The fourth-order valence-corrected chi connectivity index (χ4v) is 1.44. The Hall–Kier alpha value is -0.200. The quantitative estimate of drug-likeness (QED) is 0.469. The van der Waals surface area contributed by atoms with E-state index in [1.807, 2.05) is 0 Å². The van der Waals surface area contributed by atoms with Crippen LogP contribution in [0.25, 0.3) is 0 Å². The normalized spacial score (nSPS) is 48.5. The molecule has 2 heterocycles. The topological polar surface area (TPSA) is 68.2 Å². The summed E-state index contributed by atoms with van der Waals surface area (Å²) in [5, 5.41) is 18.6. The van der Waals surface area contributed by atoms with Crippen LogP contribution in [0.2, 0.25) is 0 Å². The smallest absolute Gasteiger partial charge is 0.186 e. The molecule has 5 heteroatoms. The van der Waals surface area contributed by atoms with E-state index >= 15 is 0 Å². The third kappa shape index (κ3) is 1.34. The largest absolute Gasteiger partial charge is 0.388 e. The van der Waals surface area contributed by atoms with Gasteiger partial charge in [0.25, 0.3) is 0 Å². The number of rotatable bonds is 0. The van der Waals surface area contributed by atoms with Crippen LogP contribution < -0.4 is 0 Å². The Kier molecular flexibility index (Phi) is 2.29. The molecule has 5 nitrogen and oxygen atoms in total. The zero-order valence-electron chi connectivity index (χ0n) is 6.55. The minimum Gasteiger partial charge on any atom is -0.388 e. The highest BCUT2D eigenvalue weighted by Crippen LogP contribution is 2.22. The van der Waals surface area contributed by atoms with Gasteiger partial charge in [0.05, 0.1) is 19.8 Å². The minimum absolute atomic E-state index is 0.103. The fourth-order valence-electron chi connectivity index (χ4n) is 1.44. The molecular weight excluding hydrogens is 164 g/mol. The summed E-state index contributed by atoms with van der Waals surface area (Å²) in [6.07, 6.45) is -2.82. The van der Waals surface area contributed by atoms with Crippen molar-refractivity contribution in [3.63, 3.8) is 0 Å². The highest BCUT2D eigenvalue weighted by atomic mass is 16.7. The van der Waals surface area contributed by atoms with Gasteiger partial charge in [0.15, 0.2) is 6.29 Å². The van der Waals surface area contributed by atoms with Crippen molar-refractivity contribution in [2.24, 2.45) is 0 Å². The first-order valence-electron chi connectivity index (χ1n) is 4.00. The molecule has 0 amide bonds. The number of aliphatic hydroxyl groups is 2. The van der Waals surface area contributed by atoms with Gasteiger partial charge in [-0.15, -0.1) is 0 Å². The van der Waals surface area contributed by atoms with Gasteiger partial charge in [-0.25, -0.2) is 0 Å². The van der Waals surface area contributed by atoms with E-state index in [0.717, 1.165) is 0 Å². The van der Waals surface area contributed by atoms with E-state index in [2.05, 4.69) is 0 Å². The Balaban J connectivity index is 2.03. The second kappa shape index (κ2) is 3.27. The van der Waals surface area contributed by atoms with Gasteiger partial charge in [-0.2, -0.15) is 0 Å². The van der Waals surface area contributed by atoms with Gasteiger partial charge in [0.1, 0.15) is 18.3 Å². The highest BCUT2D eigenvalue weighted by Gasteiger charge is 2.41. The fraction of sp³-hybridized carbons (Fsp3) is 1.00. The van der Waals surface area contributed by atoms with Gasteiger partial charge in [-0.3, -0.25) is 0 Å². The predicted octanol–water partition coefficient (Wildman–Crippen LogP) is -1.52. The van der Waals surface area contributed by atoms with Crippen LogP contribution in [0.4, 0.5) is 0 Å². The maximum Gasteiger partial charge on any atom is 0.186 e. The third-order valence-corrected chi connectivity index (χ3v) is 2.11. The van der Waals surface area contributed by atoms with E-state index < -0.39 is 24.6 Å². The average molecular weight is 176 g/mol. The molecule has 12 heavy (non-hydrogen) atoms. The Morgan fingerprint density at radius 3 is 2.58 bits per heavy atom. The van der Waals surface area contributed by atoms with Gasteiger partial charge >= 0.3 is 0 Å². The zero-order chi connectivity index (χ0) is 8.55. The van der Waals surface area contributed by atoms with E-state index in [9.17, 15) is 10.2 Å². The highest BCUT2D eigenvalue weighted by molar-refractivity contribution is 4.85. The summed E-state index contributed by atoms with van der Waals surface area (Å²) in [5.74, 6) is 0. The monoisotopic (exact) mass is 176 g/mol. The van der Waals surface area contributed by atoms with Crippen molar-refractivity contribution in [1.29, 1.82) is 0 Å². The molecule has 0 aromatic heterocycles. The lowest BCUT2D eigenvalue weighted by Crippen LogP contribution is -2.57. The SMILES string of the molecule is OC1COC2OCCOC2C1O. The van der Waals surface area contributed by atoms with Gasteiger partial charge in [0.2, 0.25) is 0 Å². The summed E-state index contributed by atoms with van der Waals surface area (Å²) in [5.41, 5.74) is 0. The van der Waals surface area contributed by atoms with Gasteiger partial charge < -0.3 is 24.4 Å². The standard InChI is InChI=1S/C7H12O5/c8-4-3-12-7-6(5(4)9)10-1-2-11-7/h4-9H,1-3H2. The number of aliphatic hydroxyl groups excluding tert-OH is 2. The van der Waals surface area contributed by atoms with Crippen LogP contribution >= 0.6 is 0 Å². The Labute approximate surface area is 69.8 Å². The summed E-state index contributed by atoms with van der Waals surface area (Å²) in [7, 11) is 0. The predicted molar refractivity (Wildman–Crippen MR) is 37.4 cm³/mol. The lowest BCUT2D eigenvalue weighted by atomic mass is 10.1. The summed E-state index contributed by atoms with van der Waals surface area (Å²) in [6.45, 7) is 1.02. The van der Waals surface area contributed by atoms with Crippen molar-refractivity contribution in [2.75, 3.05) is 19.8 Å². The van der Waals surface area contributed by atoms with Crippen molar-refractivity contribution in [3.8, 4) is 0 Å². The van der Waals surface area contributed by atoms with Crippen LogP contribution in [0.15, 0.2) is 0 Å². The molecule has 0 radical (unpaired) electrons. The zero-order valence-corrected chi connectivity index (χ0v) is 6.55. The number of ether oxygens (including phenoxy) is 3. The Bertz CT molecular complexity index is 160. The summed E-state index contributed by atoms with van der Waals surface area (Å²) in [6, 6.07) is 0. The van der Waals surface area contributed by atoms with Crippen LogP contribution in [-0.4, -0.2) is 54.6 Å². The van der Waals surface area contributed by atoms with Gasteiger partial charge in [0, 0.05) is 0 Å². The first-order chi connectivity index (χ1) is 5.79. The van der Waals surface area contributed by atoms with E-state index in [4.69, 9.17) is 14.2 Å². The molecule has 2 aliphatic rings. The number of fused-ring (bicyclic) bond motifs is 1. The van der Waals surface area contributed by atoms with Gasteiger partial charge in [-0.1, -0.05) is 0 Å². The maximum atomic E-state index is 9.44. The lowest BCUT2D eigenvalue weighted by Gasteiger charge is -2.40. The van der Waals surface area contributed by atoms with Crippen LogP contribution in [-0.2, 0) is 14.2 Å². The lowest BCUT2D eigenvalue weighted by molar-refractivity contribution is -0.310. The third-order valence-electron chi connectivity index (χ3n) is 2.11. The first-order valence-corrected chi connectivity index (χ1v) is 4.00. The molecule has 0 aromatic carbocycles. The van der Waals surface area contributed by atoms with Crippen LogP contribution in [0.1, 0.15) is 0 Å². The second-order valence-electron chi connectivity index (χ2n) is 2.97. The Morgan fingerprint density at radius 1 is 1.00 bits per heavy atom. The maximum absolute atomic E-state index is 9.44. The van der Waals surface area contributed by atoms with Crippen LogP contribution in [0, 0.1) is 0 Å². The molecule has 4 atom stereocenters. The Morgan fingerprint density at radius 2 is 1.75 bits per heavy atom. The molecule has 2 rings (SSSR count). The van der Waals surface area contributed by atoms with Gasteiger partial charge in [-0.05, 0) is 0 Å². The minimum atomic E-state index is -0.899. The van der Waals surface area contributed by atoms with Crippen LogP contribution in [0.3, 0.4) is 0 Å². The molecule has 0 bridgehead atoms. The second-order valence-corrected chi connectivity index (χ2v) is 2.97. The number of hydrogen-bond donors (Lipinski definition) is 2. The molecule has 2 aliphatic heterocycles. The van der Waals surface area contributed by atoms with E-state index in [1.54, 1.807) is 0 Å². The summed E-state index contributed by atoms with van der Waals surface area (Å²) in [4.78, 5) is 0. The molecule has 2 saturated heterocycles. The van der Waals surface area contributed by atoms with Crippen molar-refractivity contribution >= 4 is 0 Å². The van der Waals surface area contributed by atoms with E-state index in [1.165, 1.54) is 0 Å². The molecule has 0 saturated carbocycles. The number of hydrogen-bond acceptors (Lipinski definition) is 5.